The average Bonchev–Trinajstić information content (AvgIpc) is 2.63. The Morgan fingerprint density at radius 1 is 1.05 bits per heavy atom. The molecule has 1 atom stereocenters. The van der Waals surface area contributed by atoms with E-state index in [1.165, 1.54) is 32.2 Å². The second kappa shape index (κ2) is 7.96. The molecule has 0 aliphatic carbocycles. The summed E-state index contributed by atoms with van der Waals surface area (Å²) in [7, 11) is 2.25. The largest absolute Gasteiger partial charge is 0.480 e. The number of piperidine rings is 1. The number of carboxylic acid groups (broad SMARTS) is 1. The van der Waals surface area contributed by atoms with Gasteiger partial charge in [-0.1, -0.05) is 6.42 Å². The normalized spacial score (nSPS) is 27.4. The quantitative estimate of drug-likeness (QED) is 0.814. The van der Waals surface area contributed by atoms with Crippen LogP contribution in [0, 0.1) is 0 Å². The first kappa shape index (κ1) is 15.7. The van der Waals surface area contributed by atoms with E-state index in [-0.39, 0.29) is 6.54 Å². The molecule has 2 aliphatic heterocycles. The first-order valence-electron chi connectivity index (χ1n) is 8.02. The minimum Gasteiger partial charge on any atom is -0.480 e. The van der Waals surface area contributed by atoms with Crippen LogP contribution in [0.15, 0.2) is 0 Å². The fraction of sp³-hybridized carbons (Fsp3) is 0.933. The SMILES string of the molecule is CN1CCCCC1CCN1CCCN(CC(=O)O)CC1. The van der Waals surface area contributed by atoms with Crippen LogP contribution in [0.5, 0.6) is 0 Å². The lowest BCUT2D eigenvalue weighted by Crippen LogP contribution is -2.40. The summed E-state index contributed by atoms with van der Waals surface area (Å²) in [5.74, 6) is -0.706. The predicted octanol–water partition coefficient (Wildman–Crippen LogP) is 0.953. The van der Waals surface area contributed by atoms with Gasteiger partial charge in [0.1, 0.15) is 0 Å². The summed E-state index contributed by atoms with van der Waals surface area (Å²) in [4.78, 5) is 17.9. The molecular weight excluding hydrogens is 254 g/mol. The van der Waals surface area contributed by atoms with Crippen LogP contribution in [-0.2, 0) is 4.79 Å². The molecule has 20 heavy (non-hydrogen) atoms. The average molecular weight is 283 g/mol. The molecule has 5 heteroatoms. The molecule has 2 heterocycles. The van der Waals surface area contributed by atoms with Crippen molar-refractivity contribution in [1.29, 1.82) is 0 Å². The Bertz CT molecular complexity index is 311. The van der Waals surface area contributed by atoms with Crippen molar-refractivity contribution in [3.05, 3.63) is 0 Å². The van der Waals surface area contributed by atoms with E-state index in [0.717, 1.165) is 45.2 Å². The number of carbonyl (C=O) groups is 1. The van der Waals surface area contributed by atoms with Gasteiger partial charge in [0.15, 0.2) is 0 Å². The Balaban J connectivity index is 1.69. The van der Waals surface area contributed by atoms with Crippen LogP contribution in [0.3, 0.4) is 0 Å². The van der Waals surface area contributed by atoms with Gasteiger partial charge in [-0.15, -0.1) is 0 Å². The smallest absolute Gasteiger partial charge is 0.317 e. The Labute approximate surface area is 122 Å². The fourth-order valence-corrected chi connectivity index (χ4v) is 3.44. The number of likely N-dealkylation sites (tertiary alicyclic amines) is 1. The molecule has 0 bridgehead atoms. The van der Waals surface area contributed by atoms with Gasteiger partial charge in [-0.3, -0.25) is 9.69 Å². The molecule has 2 saturated heterocycles. The summed E-state index contributed by atoms with van der Waals surface area (Å²) < 4.78 is 0. The third kappa shape index (κ3) is 5.04. The summed E-state index contributed by atoms with van der Waals surface area (Å²) in [5, 5.41) is 8.87. The van der Waals surface area contributed by atoms with Crippen LogP contribution >= 0.6 is 0 Å². The minimum absolute atomic E-state index is 0.194. The zero-order valence-electron chi connectivity index (χ0n) is 12.8. The van der Waals surface area contributed by atoms with Crippen LogP contribution in [0.25, 0.3) is 0 Å². The molecule has 2 aliphatic rings. The van der Waals surface area contributed by atoms with Crippen molar-refractivity contribution in [2.45, 2.75) is 38.1 Å². The molecule has 0 spiro atoms. The van der Waals surface area contributed by atoms with Crippen LogP contribution < -0.4 is 0 Å². The van der Waals surface area contributed by atoms with E-state index in [9.17, 15) is 4.79 Å². The topological polar surface area (TPSA) is 47.0 Å². The van der Waals surface area contributed by atoms with Gasteiger partial charge in [0.2, 0.25) is 0 Å². The fourth-order valence-electron chi connectivity index (χ4n) is 3.44. The van der Waals surface area contributed by atoms with E-state index in [1.54, 1.807) is 0 Å². The van der Waals surface area contributed by atoms with E-state index in [1.807, 2.05) is 0 Å². The summed E-state index contributed by atoms with van der Waals surface area (Å²) in [6, 6.07) is 0.752. The molecule has 2 fully saturated rings. The highest BCUT2D eigenvalue weighted by Gasteiger charge is 2.21. The predicted molar refractivity (Wildman–Crippen MR) is 80.0 cm³/mol. The maximum Gasteiger partial charge on any atom is 0.317 e. The van der Waals surface area contributed by atoms with Crippen LogP contribution in [-0.4, -0.2) is 84.7 Å². The highest BCUT2D eigenvalue weighted by molar-refractivity contribution is 5.69. The molecule has 2 rings (SSSR count). The molecule has 0 radical (unpaired) electrons. The third-order valence-electron chi connectivity index (χ3n) is 4.74. The van der Waals surface area contributed by atoms with Crippen LogP contribution in [0.1, 0.15) is 32.1 Å². The maximum absolute atomic E-state index is 10.8. The zero-order valence-corrected chi connectivity index (χ0v) is 12.8. The van der Waals surface area contributed by atoms with E-state index in [2.05, 4.69) is 21.7 Å². The molecule has 0 amide bonds. The summed E-state index contributed by atoms with van der Waals surface area (Å²) in [6.45, 7) is 6.56. The molecule has 0 aromatic heterocycles. The van der Waals surface area contributed by atoms with Gasteiger partial charge in [-0.2, -0.15) is 0 Å². The van der Waals surface area contributed by atoms with Gasteiger partial charge in [0.25, 0.3) is 0 Å². The van der Waals surface area contributed by atoms with Crippen LogP contribution in [0.2, 0.25) is 0 Å². The maximum atomic E-state index is 10.8. The van der Waals surface area contributed by atoms with Crippen molar-refractivity contribution < 1.29 is 9.90 Å². The van der Waals surface area contributed by atoms with Gasteiger partial charge in [0, 0.05) is 25.7 Å². The number of aliphatic carboxylic acids is 1. The summed E-state index contributed by atoms with van der Waals surface area (Å²) >= 11 is 0. The first-order chi connectivity index (χ1) is 9.65. The van der Waals surface area contributed by atoms with Gasteiger partial charge in [-0.25, -0.2) is 0 Å². The Hall–Kier alpha value is -0.650. The van der Waals surface area contributed by atoms with Gasteiger partial charge in [0.05, 0.1) is 6.54 Å². The Morgan fingerprint density at radius 2 is 1.80 bits per heavy atom. The summed E-state index contributed by atoms with van der Waals surface area (Å²) in [5.41, 5.74) is 0. The van der Waals surface area contributed by atoms with Gasteiger partial charge >= 0.3 is 5.97 Å². The number of carboxylic acids is 1. The molecule has 0 aromatic rings. The van der Waals surface area contributed by atoms with Crippen molar-refractivity contribution in [1.82, 2.24) is 14.7 Å². The standard InChI is InChI=1S/C15H29N3O2/c1-16-7-3-2-5-14(16)6-10-17-8-4-9-18(12-11-17)13-15(19)20/h14H,2-13H2,1H3,(H,19,20). The lowest BCUT2D eigenvalue weighted by molar-refractivity contribution is -0.138. The third-order valence-corrected chi connectivity index (χ3v) is 4.74. The zero-order chi connectivity index (χ0) is 14.4. The van der Waals surface area contributed by atoms with Crippen molar-refractivity contribution in [3.8, 4) is 0 Å². The second-order valence-electron chi connectivity index (χ2n) is 6.28. The highest BCUT2D eigenvalue weighted by atomic mass is 16.4. The van der Waals surface area contributed by atoms with Crippen molar-refractivity contribution in [2.24, 2.45) is 0 Å². The molecule has 1 N–H and O–H groups in total. The molecule has 116 valence electrons. The van der Waals surface area contributed by atoms with Crippen molar-refractivity contribution in [2.75, 3.05) is 52.9 Å². The van der Waals surface area contributed by atoms with Crippen LogP contribution in [0.4, 0.5) is 0 Å². The lowest BCUT2D eigenvalue weighted by Gasteiger charge is -2.34. The van der Waals surface area contributed by atoms with E-state index < -0.39 is 5.97 Å². The van der Waals surface area contributed by atoms with Gasteiger partial charge < -0.3 is 14.9 Å². The Morgan fingerprint density at radius 3 is 2.55 bits per heavy atom. The summed E-state index contributed by atoms with van der Waals surface area (Å²) in [6.07, 6.45) is 6.42. The molecule has 0 saturated carbocycles. The monoisotopic (exact) mass is 283 g/mol. The Kier molecular flexibility index (Phi) is 6.26. The molecule has 0 aromatic carbocycles. The molecule has 5 nitrogen and oxygen atoms in total. The van der Waals surface area contributed by atoms with Gasteiger partial charge in [-0.05, 0) is 52.4 Å². The van der Waals surface area contributed by atoms with E-state index in [0.29, 0.717) is 0 Å². The lowest BCUT2D eigenvalue weighted by atomic mass is 10.00. The van der Waals surface area contributed by atoms with E-state index >= 15 is 0 Å². The van der Waals surface area contributed by atoms with E-state index in [4.69, 9.17) is 5.11 Å². The van der Waals surface area contributed by atoms with Crippen molar-refractivity contribution >= 4 is 5.97 Å². The number of hydrogen-bond donors (Lipinski definition) is 1. The molecular formula is C15H29N3O2. The number of rotatable bonds is 5. The van der Waals surface area contributed by atoms with Crippen molar-refractivity contribution in [3.63, 3.8) is 0 Å². The molecule has 1 unspecified atom stereocenters. The minimum atomic E-state index is -0.706. The highest BCUT2D eigenvalue weighted by Crippen LogP contribution is 2.18. The first-order valence-corrected chi connectivity index (χ1v) is 8.02. The number of nitrogens with zero attached hydrogens (tertiary/aromatic N) is 3. The second-order valence-corrected chi connectivity index (χ2v) is 6.28. The number of hydrogen-bond acceptors (Lipinski definition) is 4.